The molecule has 2 N–H and O–H groups in total. The lowest BCUT2D eigenvalue weighted by atomic mass is 10.1. The summed E-state index contributed by atoms with van der Waals surface area (Å²) >= 11 is 0. The van der Waals surface area contributed by atoms with Gasteiger partial charge in [0.05, 0.1) is 13.7 Å². The third-order valence-corrected chi connectivity index (χ3v) is 4.28. The SMILES string of the molecule is CCN(CC)C(=O)c1ccc(NCC(=O)NCc2ccc(OC)cc2)cc1. The van der Waals surface area contributed by atoms with Gasteiger partial charge in [-0.25, -0.2) is 0 Å². The van der Waals surface area contributed by atoms with E-state index in [-0.39, 0.29) is 18.4 Å². The summed E-state index contributed by atoms with van der Waals surface area (Å²) in [7, 11) is 1.62. The van der Waals surface area contributed by atoms with E-state index < -0.39 is 0 Å². The molecule has 0 aliphatic carbocycles. The molecule has 0 atom stereocenters. The molecule has 0 aromatic heterocycles. The Morgan fingerprint density at radius 2 is 1.59 bits per heavy atom. The zero-order valence-corrected chi connectivity index (χ0v) is 16.1. The molecule has 6 nitrogen and oxygen atoms in total. The fourth-order valence-electron chi connectivity index (χ4n) is 2.61. The highest BCUT2D eigenvalue weighted by atomic mass is 16.5. The maximum absolute atomic E-state index is 12.3. The highest BCUT2D eigenvalue weighted by Gasteiger charge is 2.12. The number of amides is 2. The van der Waals surface area contributed by atoms with Gasteiger partial charge in [0.25, 0.3) is 5.91 Å². The molecule has 2 aromatic rings. The zero-order chi connectivity index (χ0) is 19.6. The van der Waals surface area contributed by atoms with E-state index in [9.17, 15) is 9.59 Å². The summed E-state index contributed by atoms with van der Waals surface area (Å²) in [6.45, 7) is 5.92. The lowest BCUT2D eigenvalue weighted by Crippen LogP contribution is -2.30. The van der Waals surface area contributed by atoms with Crippen LogP contribution < -0.4 is 15.4 Å². The number of anilines is 1. The minimum atomic E-state index is -0.103. The van der Waals surface area contributed by atoms with Crippen LogP contribution in [0.2, 0.25) is 0 Å². The van der Waals surface area contributed by atoms with Gasteiger partial charge in [0.15, 0.2) is 0 Å². The number of nitrogens with zero attached hydrogens (tertiary/aromatic N) is 1. The molecule has 6 heteroatoms. The summed E-state index contributed by atoms with van der Waals surface area (Å²) in [4.78, 5) is 26.0. The first-order chi connectivity index (χ1) is 13.1. The molecule has 2 aromatic carbocycles. The molecule has 2 rings (SSSR count). The van der Waals surface area contributed by atoms with Crippen LogP contribution in [0.5, 0.6) is 5.75 Å². The predicted molar refractivity (Wildman–Crippen MR) is 107 cm³/mol. The largest absolute Gasteiger partial charge is 0.497 e. The molecule has 0 spiro atoms. The van der Waals surface area contributed by atoms with Gasteiger partial charge in [-0.3, -0.25) is 9.59 Å². The summed E-state index contributed by atoms with van der Waals surface area (Å²) in [6, 6.07) is 14.7. The van der Waals surface area contributed by atoms with Crippen molar-refractivity contribution in [1.29, 1.82) is 0 Å². The fraction of sp³-hybridized carbons (Fsp3) is 0.333. The van der Waals surface area contributed by atoms with Crippen molar-refractivity contribution in [2.75, 3.05) is 32.1 Å². The predicted octanol–water partition coefficient (Wildman–Crippen LogP) is 2.91. The smallest absolute Gasteiger partial charge is 0.253 e. The molecule has 0 saturated heterocycles. The Morgan fingerprint density at radius 1 is 0.963 bits per heavy atom. The van der Waals surface area contributed by atoms with Crippen LogP contribution in [0.25, 0.3) is 0 Å². The Labute approximate surface area is 160 Å². The summed E-state index contributed by atoms with van der Waals surface area (Å²) in [5, 5.41) is 5.93. The van der Waals surface area contributed by atoms with Crippen LogP contribution in [0.3, 0.4) is 0 Å². The second-order valence-corrected chi connectivity index (χ2v) is 6.03. The fourth-order valence-corrected chi connectivity index (χ4v) is 2.61. The lowest BCUT2D eigenvalue weighted by molar-refractivity contribution is -0.119. The highest BCUT2D eigenvalue weighted by molar-refractivity contribution is 5.94. The number of nitrogens with one attached hydrogen (secondary N) is 2. The van der Waals surface area contributed by atoms with Gasteiger partial charge in [0.1, 0.15) is 5.75 Å². The van der Waals surface area contributed by atoms with Gasteiger partial charge in [-0.15, -0.1) is 0 Å². The van der Waals surface area contributed by atoms with Gasteiger partial charge in [0.2, 0.25) is 5.91 Å². The molecule has 0 bridgehead atoms. The van der Waals surface area contributed by atoms with Crippen molar-refractivity contribution in [3.63, 3.8) is 0 Å². The first kappa shape index (κ1) is 20.3. The molecule has 0 saturated carbocycles. The zero-order valence-electron chi connectivity index (χ0n) is 16.1. The van der Waals surface area contributed by atoms with Crippen molar-refractivity contribution in [3.8, 4) is 5.75 Å². The molecule has 2 amide bonds. The molecule has 0 aliphatic rings. The number of hydrogen-bond acceptors (Lipinski definition) is 4. The molecule has 0 unspecified atom stereocenters. The Hall–Kier alpha value is -3.02. The van der Waals surface area contributed by atoms with Gasteiger partial charge >= 0.3 is 0 Å². The molecule has 0 radical (unpaired) electrons. The van der Waals surface area contributed by atoms with Crippen molar-refractivity contribution < 1.29 is 14.3 Å². The van der Waals surface area contributed by atoms with E-state index in [4.69, 9.17) is 4.74 Å². The molecular weight excluding hydrogens is 342 g/mol. The number of carbonyl (C=O) groups is 2. The van der Waals surface area contributed by atoms with E-state index >= 15 is 0 Å². The van der Waals surface area contributed by atoms with Gasteiger partial charge in [-0.05, 0) is 55.8 Å². The summed E-state index contributed by atoms with van der Waals surface area (Å²) in [5.41, 5.74) is 2.45. The first-order valence-electron chi connectivity index (χ1n) is 9.10. The van der Waals surface area contributed by atoms with Crippen molar-refractivity contribution in [1.82, 2.24) is 10.2 Å². The molecule has 27 heavy (non-hydrogen) atoms. The van der Waals surface area contributed by atoms with Crippen LogP contribution in [0.1, 0.15) is 29.8 Å². The van der Waals surface area contributed by atoms with Crippen LogP contribution >= 0.6 is 0 Å². The van der Waals surface area contributed by atoms with Crippen molar-refractivity contribution in [2.45, 2.75) is 20.4 Å². The average Bonchev–Trinajstić information content (AvgIpc) is 2.72. The number of hydrogen-bond donors (Lipinski definition) is 2. The van der Waals surface area contributed by atoms with E-state index in [0.29, 0.717) is 25.2 Å². The quantitative estimate of drug-likeness (QED) is 0.713. The van der Waals surface area contributed by atoms with E-state index in [1.807, 2.05) is 50.2 Å². The first-order valence-corrected chi connectivity index (χ1v) is 9.10. The summed E-state index contributed by atoms with van der Waals surface area (Å²) < 4.78 is 5.11. The third kappa shape index (κ3) is 6.02. The topological polar surface area (TPSA) is 70.7 Å². The number of benzene rings is 2. The molecule has 144 valence electrons. The van der Waals surface area contributed by atoms with Crippen molar-refractivity contribution in [3.05, 3.63) is 59.7 Å². The molecular formula is C21H27N3O3. The Morgan fingerprint density at radius 3 is 2.15 bits per heavy atom. The Kier molecular flexibility index (Phi) is 7.67. The second kappa shape index (κ2) is 10.2. The second-order valence-electron chi connectivity index (χ2n) is 6.03. The van der Waals surface area contributed by atoms with Crippen LogP contribution in [-0.4, -0.2) is 43.5 Å². The summed E-state index contributed by atoms with van der Waals surface area (Å²) in [5.74, 6) is 0.701. The minimum Gasteiger partial charge on any atom is -0.497 e. The molecule has 0 aliphatic heterocycles. The molecule has 0 heterocycles. The van der Waals surface area contributed by atoms with Crippen molar-refractivity contribution >= 4 is 17.5 Å². The Balaban J connectivity index is 1.79. The average molecular weight is 369 g/mol. The minimum absolute atomic E-state index is 0.0174. The maximum Gasteiger partial charge on any atom is 0.253 e. The van der Waals surface area contributed by atoms with Crippen molar-refractivity contribution in [2.24, 2.45) is 0 Å². The number of rotatable bonds is 9. The van der Waals surface area contributed by atoms with Crippen LogP contribution in [-0.2, 0) is 11.3 Å². The van der Waals surface area contributed by atoms with E-state index in [1.165, 1.54) is 0 Å². The number of carbonyl (C=O) groups excluding carboxylic acids is 2. The van der Waals surface area contributed by atoms with Gasteiger partial charge in [-0.1, -0.05) is 12.1 Å². The van der Waals surface area contributed by atoms with E-state index in [1.54, 1.807) is 24.1 Å². The maximum atomic E-state index is 12.3. The van der Waals surface area contributed by atoms with Crippen LogP contribution in [0, 0.1) is 0 Å². The highest BCUT2D eigenvalue weighted by Crippen LogP contribution is 2.12. The van der Waals surface area contributed by atoms with Gasteiger partial charge < -0.3 is 20.3 Å². The normalized spacial score (nSPS) is 10.2. The number of methoxy groups -OCH3 is 1. The molecule has 0 fully saturated rings. The van der Waals surface area contributed by atoms with E-state index in [0.717, 1.165) is 17.0 Å². The lowest BCUT2D eigenvalue weighted by Gasteiger charge is -2.18. The third-order valence-electron chi connectivity index (χ3n) is 4.28. The van der Waals surface area contributed by atoms with Gasteiger partial charge in [0, 0.05) is 30.9 Å². The monoisotopic (exact) mass is 369 g/mol. The van der Waals surface area contributed by atoms with E-state index in [2.05, 4.69) is 10.6 Å². The standard InChI is InChI=1S/C21H27N3O3/c1-4-24(5-2)21(26)17-8-10-18(11-9-17)22-15-20(25)23-14-16-6-12-19(27-3)13-7-16/h6-13,22H,4-5,14-15H2,1-3H3,(H,23,25). The summed E-state index contributed by atoms with van der Waals surface area (Å²) in [6.07, 6.45) is 0. The van der Waals surface area contributed by atoms with Gasteiger partial charge in [-0.2, -0.15) is 0 Å². The van der Waals surface area contributed by atoms with Crippen LogP contribution in [0.4, 0.5) is 5.69 Å². The van der Waals surface area contributed by atoms with Crippen LogP contribution in [0.15, 0.2) is 48.5 Å². The number of ether oxygens (including phenoxy) is 1. The Bertz CT molecular complexity index is 738.